The van der Waals surface area contributed by atoms with E-state index in [1.807, 2.05) is 6.92 Å². The van der Waals surface area contributed by atoms with Gasteiger partial charge in [0.15, 0.2) is 5.78 Å². The molecular weight excluding hydrogens is 286 g/mol. The number of Topliss-reactive ketones (excluding diaryl/α,β-unsaturated/α-hetero) is 1. The molecule has 0 heterocycles. The van der Waals surface area contributed by atoms with E-state index in [2.05, 4.69) is 11.6 Å². The van der Waals surface area contributed by atoms with E-state index in [4.69, 9.17) is 0 Å². The van der Waals surface area contributed by atoms with Crippen LogP contribution in [0.5, 0.6) is 0 Å². The summed E-state index contributed by atoms with van der Waals surface area (Å²) in [5, 5.41) is 0. The zero-order chi connectivity index (χ0) is 15.9. The first kappa shape index (κ1) is 17.9. The summed E-state index contributed by atoms with van der Waals surface area (Å²) >= 11 is 0. The van der Waals surface area contributed by atoms with Crippen molar-refractivity contribution in [3.05, 3.63) is 29.8 Å². The van der Waals surface area contributed by atoms with Crippen molar-refractivity contribution in [2.24, 2.45) is 0 Å². The number of benzene rings is 1. The van der Waals surface area contributed by atoms with Crippen molar-refractivity contribution in [3.8, 4) is 0 Å². The van der Waals surface area contributed by atoms with E-state index in [0.29, 0.717) is 5.56 Å². The average Bonchev–Trinajstić information content (AvgIpc) is 2.45. The normalized spacial score (nSPS) is 13.1. The first-order valence-electron chi connectivity index (χ1n) is 7.54. The van der Waals surface area contributed by atoms with Crippen molar-refractivity contribution in [2.45, 2.75) is 63.8 Å². The molecule has 0 aliphatic heterocycles. The van der Waals surface area contributed by atoms with E-state index in [9.17, 15) is 13.2 Å². The van der Waals surface area contributed by atoms with Crippen LogP contribution in [0.1, 0.15) is 63.2 Å². The number of rotatable bonds is 9. The van der Waals surface area contributed by atoms with Crippen LogP contribution in [0.4, 0.5) is 0 Å². The van der Waals surface area contributed by atoms with E-state index in [1.165, 1.54) is 19.1 Å². The van der Waals surface area contributed by atoms with Gasteiger partial charge in [0.1, 0.15) is 0 Å². The Balaban J connectivity index is 2.93. The van der Waals surface area contributed by atoms with Gasteiger partial charge in [-0.25, -0.2) is 13.1 Å². The third kappa shape index (κ3) is 5.59. The summed E-state index contributed by atoms with van der Waals surface area (Å²) < 4.78 is 27.6. The first-order chi connectivity index (χ1) is 9.90. The van der Waals surface area contributed by atoms with E-state index < -0.39 is 10.0 Å². The molecule has 5 heteroatoms. The molecule has 1 aromatic rings. The van der Waals surface area contributed by atoms with Gasteiger partial charge in [-0.2, -0.15) is 0 Å². The van der Waals surface area contributed by atoms with Crippen molar-refractivity contribution in [3.63, 3.8) is 0 Å². The standard InChI is InChI=1S/C16H25NO3S/c1-4-6-10-15(8-5-2)17-21(19,20)16-11-7-9-14(12-16)13(3)18/h7,9,11-12,15,17H,4-6,8,10H2,1-3H3. The Bertz CT molecular complexity index is 567. The molecule has 0 saturated carbocycles. The summed E-state index contributed by atoms with van der Waals surface area (Å²) in [6.45, 7) is 5.57. The maximum atomic E-state index is 12.4. The Morgan fingerprint density at radius 1 is 1.19 bits per heavy atom. The summed E-state index contributed by atoms with van der Waals surface area (Å²) in [5.41, 5.74) is 0.415. The molecule has 1 N–H and O–H groups in total. The summed E-state index contributed by atoms with van der Waals surface area (Å²) in [6, 6.07) is 6.15. The Morgan fingerprint density at radius 2 is 1.90 bits per heavy atom. The van der Waals surface area contributed by atoms with Gasteiger partial charge in [-0.15, -0.1) is 0 Å². The molecule has 1 unspecified atom stereocenters. The minimum atomic E-state index is -3.57. The smallest absolute Gasteiger partial charge is 0.240 e. The van der Waals surface area contributed by atoms with Gasteiger partial charge < -0.3 is 0 Å². The predicted molar refractivity (Wildman–Crippen MR) is 85.0 cm³/mol. The van der Waals surface area contributed by atoms with Crippen LogP contribution in [0.3, 0.4) is 0 Å². The number of nitrogens with one attached hydrogen (secondary N) is 1. The third-order valence-electron chi connectivity index (χ3n) is 3.42. The lowest BCUT2D eigenvalue weighted by Gasteiger charge is -2.18. The van der Waals surface area contributed by atoms with E-state index in [-0.39, 0.29) is 16.7 Å². The largest absolute Gasteiger partial charge is 0.295 e. The quantitative estimate of drug-likeness (QED) is 0.710. The van der Waals surface area contributed by atoms with Crippen LogP contribution < -0.4 is 4.72 Å². The topological polar surface area (TPSA) is 63.2 Å². The number of carbonyl (C=O) groups excluding carboxylic acids is 1. The SMILES string of the molecule is CCCCC(CCC)NS(=O)(=O)c1cccc(C(C)=O)c1. The van der Waals surface area contributed by atoms with Gasteiger partial charge in [-0.05, 0) is 31.9 Å². The molecule has 118 valence electrons. The molecule has 0 aliphatic rings. The molecule has 0 aliphatic carbocycles. The Labute approximate surface area is 128 Å². The molecule has 0 bridgehead atoms. The van der Waals surface area contributed by atoms with Gasteiger partial charge in [0, 0.05) is 11.6 Å². The highest BCUT2D eigenvalue weighted by Crippen LogP contribution is 2.15. The van der Waals surface area contributed by atoms with Gasteiger partial charge in [0.2, 0.25) is 10.0 Å². The van der Waals surface area contributed by atoms with Crippen molar-refractivity contribution < 1.29 is 13.2 Å². The summed E-state index contributed by atoms with van der Waals surface area (Å²) in [4.78, 5) is 11.5. The van der Waals surface area contributed by atoms with Gasteiger partial charge in [-0.3, -0.25) is 4.79 Å². The molecule has 1 rings (SSSR count). The fraction of sp³-hybridized carbons (Fsp3) is 0.562. The number of unbranched alkanes of at least 4 members (excludes halogenated alkanes) is 1. The van der Waals surface area contributed by atoms with Crippen molar-refractivity contribution in [1.82, 2.24) is 4.72 Å². The second kappa shape index (κ2) is 8.29. The van der Waals surface area contributed by atoms with Gasteiger partial charge >= 0.3 is 0 Å². The summed E-state index contributed by atoms with van der Waals surface area (Å²) in [7, 11) is -3.57. The minimum absolute atomic E-state index is 0.0408. The van der Waals surface area contributed by atoms with Gasteiger partial charge in [0.25, 0.3) is 0 Å². The van der Waals surface area contributed by atoms with Crippen LogP contribution in [-0.4, -0.2) is 20.2 Å². The monoisotopic (exact) mass is 311 g/mol. The number of hydrogen-bond donors (Lipinski definition) is 1. The van der Waals surface area contributed by atoms with Crippen molar-refractivity contribution >= 4 is 15.8 Å². The maximum absolute atomic E-state index is 12.4. The highest BCUT2D eigenvalue weighted by molar-refractivity contribution is 7.89. The van der Waals surface area contributed by atoms with E-state index >= 15 is 0 Å². The molecular formula is C16H25NO3S. The molecule has 0 saturated heterocycles. The van der Waals surface area contributed by atoms with Crippen LogP contribution in [0.15, 0.2) is 29.2 Å². The molecule has 4 nitrogen and oxygen atoms in total. The van der Waals surface area contributed by atoms with Crippen LogP contribution in [0.25, 0.3) is 0 Å². The van der Waals surface area contributed by atoms with Crippen LogP contribution in [0, 0.1) is 0 Å². The summed E-state index contributed by atoms with van der Waals surface area (Å²) in [5.74, 6) is -0.136. The lowest BCUT2D eigenvalue weighted by atomic mass is 10.1. The Morgan fingerprint density at radius 3 is 2.48 bits per heavy atom. The number of ketones is 1. The highest BCUT2D eigenvalue weighted by atomic mass is 32.2. The zero-order valence-corrected chi connectivity index (χ0v) is 13.9. The summed E-state index contributed by atoms with van der Waals surface area (Å²) in [6.07, 6.45) is 4.65. The predicted octanol–water partition coefficient (Wildman–Crippen LogP) is 3.53. The van der Waals surface area contributed by atoms with Crippen LogP contribution in [0.2, 0.25) is 0 Å². The fourth-order valence-corrected chi connectivity index (χ4v) is 3.58. The molecule has 1 atom stereocenters. The van der Waals surface area contributed by atoms with E-state index in [0.717, 1.165) is 32.1 Å². The maximum Gasteiger partial charge on any atom is 0.240 e. The second-order valence-electron chi connectivity index (χ2n) is 5.33. The van der Waals surface area contributed by atoms with E-state index in [1.54, 1.807) is 12.1 Å². The van der Waals surface area contributed by atoms with Crippen molar-refractivity contribution in [1.29, 1.82) is 0 Å². The molecule has 21 heavy (non-hydrogen) atoms. The van der Waals surface area contributed by atoms with Gasteiger partial charge in [-0.1, -0.05) is 45.2 Å². The van der Waals surface area contributed by atoms with Crippen LogP contribution in [-0.2, 0) is 10.0 Å². The fourth-order valence-electron chi connectivity index (χ4n) is 2.23. The second-order valence-corrected chi connectivity index (χ2v) is 7.05. The van der Waals surface area contributed by atoms with Gasteiger partial charge in [0.05, 0.1) is 4.90 Å². The lowest BCUT2D eigenvalue weighted by molar-refractivity contribution is 0.101. The third-order valence-corrected chi connectivity index (χ3v) is 4.93. The number of carbonyl (C=O) groups is 1. The molecule has 0 amide bonds. The average molecular weight is 311 g/mol. The molecule has 1 aromatic carbocycles. The minimum Gasteiger partial charge on any atom is -0.295 e. The number of hydrogen-bond acceptors (Lipinski definition) is 3. The molecule has 0 spiro atoms. The Hall–Kier alpha value is -1.20. The zero-order valence-electron chi connectivity index (χ0n) is 13.1. The van der Waals surface area contributed by atoms with Crippen molar-refractivity contribution in [2.75, 3.05) is 0 Å². The molecule has 0 radical (unpaired) electrons. The van der Waals surface area contributed by atoms with Crippen LogP contribution >= 0.6 is 0 Å². The lowest BCUT2D eigenvalue weighted by Crippen LogP contribution is -2.34. The molecule has 0 aromatic heterocycles. The number of sulfonamides is 1. The Kier molecular flexibility index (Phi) is 7.05. The molecule has 0 fully saturated rings. The first-order valence-corrected chi connectivity index (χ1v) is 9.02. The highest BCUT2D eigenvalue weighted by Gasteiger charge is 2.20.